The maximum absolute atomic E-state index is 12.8. The van der Waals surface area contributed by atoms with E-state index in [2.05, 4.69) is 10.2 Å². The van der Waals surface area contributed by atoms with E-state index in [1.165, 1.54) is 5.56 Å². The molecule has 0 aliphatic carbocycles. The first-order valence-electron chi connectivity index (χ1n) is 9.57. The molecule has 1 atom stereocenters. The molecule has 0 bridgehead atoms. The largest absolute Gasteiger partial charge is 0.508 e. The number of carbonyl (C=O) groups is 1. The number of methoxy groups -OCH3 is 2. The molecule has 2 N–H and O–H groups in total. The smallest absolute Gasteiger partial charge is 0.241 e. The van der Waals surface area contributed by atoms with Gasteiger partial charge in [0.25, 0.3) is 0 Å². The third-order valence-corrected chi connectivity index (χ3v) is 5.49. The van der Waals surface area contributed by atoms with Crippen molar-refractivity contribution in [3.63, 3.8) is 0 Å². The number of phenols is 1. The van der Waals surface area contributed by atoms with Crippen molar-refractivity contribution >= 4 is 11.6 Å². The van der Waals surface area contributed by atoms with Crippen LogP contribution >= 0.6 is 0 Å². The predicted octanol–water partition coefficient (Wildman–Crippen LogP) is 3.62. The summed E-state index contributed by atoms with van der Waals surface area (Å²) in [4.78, 5) is 15.0. The molecule has 6 heteroatoms. The standard InChI is InChI=1S/C22H28N2O4/c1-15(22(26)23-20-14-19(27-2)8-9-21(20)28-3)24-12-10-17(11-13-24)16-4-6-18(25)7-5-16/h4-9,14-15,17,25H,10-13H2,1-3H3,(H,23,26). The van der Waals surface area contributed by atoms with Crippen LogP contribution in [0.15, 0.2) is 42.5 Å². The molecular weight excluding hydrogens is 356 g/mol. The molecule has 0 radical (unpaired) electrons. The molecule has 150 valence electrons. The lowest BCUT2D eigenvalue weighted by atomic mass is 9.89. The second-order valence-corrected chi connectivity index (χ2v) is 7.13. The van der Waals surface area contributed by atoms with E-state index < -0.39 is 0 Å². The van der Waals surface area contributed by atoms with Gasteiger partial charge in [0, 0.05) is 6.07 Å². The lowest BCUT2D eigenvalue weighted by Gasteiger charge is -2.35. The van der Waals surface area contributed by atoms with Gasteiger partial charge in [-0.3, -0.25) is 9.69 Å². The van der Waals surface area contributed by atoms with Crippen molar-refractivity contribution < 1.29 is 19.4 Å². The van der Waals surface area contributed by atoms with Crippen molar-refractivity contribution in [1.82, 2.24) is 4.90 Å². The molecule has 28 heavy (non-hydrogen) atoms. The maximum Gasteiger partial charge on any atom is 0.241 e. The molecular formula is C22H28N2O4. The van der Waals surface area contributed by atoms with Gasteiger partial charge in [0.1, 0.15) is 17.2 Å². The predicted molar refractivity (Wildman–Crippen MR) is 109 cm³/mol. The number of nitrogens with zero attached hydrogens (tertiary/aromatic N) is 1. The normalized spacial score (nSPS) is 16.4. The Hall–Kier alpha value is -2.73. The van der Waals surface area contributed by atoms with Crippen LogP contribution < -0.4 is 14.8 Å². The molecule has 2 aromatic rings. The Morgan fingerprint density at radius 1 is 1.11 bits per heavy atom. The molecule has 1 unspecified atom stereocenters. The van der Waals surface area contributed by atoms with Gasteiger partial charge in [0.05, 0.1) is 25.9 Å². The first kappa shape index (κ1) is 20.0. The quantitative estimate of drug-likeness (QED) is 0.796. The monoisotopic (exact) mass is 384 g/mol. The molecule has 1 fully saturated rings. The van der Waals surface area contributed by atoms with Gasteiger partial charge in [-0.1, -0.05) is 12.1 Å². The number of likely N-dealkylation sites (tertiary alicyclic amines) is 1. The molecule has 1 saturated heterocycles. The highest BCUT2D eigenvalue weighted by atomic mass is 16.5. The van der Waals surface area contributed by atoms with E-state index in [9.17, 15) is 9.90 Å². The van der Waals surface area contributed by atoms with Gasteiger partial charge in [0.15, 0.2) is 0 Å². The van der Waals surface area contributed by atoms with Gasteiger partial charge in [-0.25, -0.2) is 0 Å². The molecule has 6 nitrogen and oxygen atoms in total. The van der Waals surface area contributed by atoms with Crippen molar-refractivity contribution in [2.45, 2.75) is 31.7 Å². The van der Waals surface area contributed by atoms with E-state index in [1.807, 2.05) is 19.1 Å². The topological polar surface area (TPSA) is 71.0 Å². The number of benzene rings is 2. The SMILES string of the molecule is COc1ccc(OC)c(NC(=O)C(C)N2CCC(c3ccc(O)cc3)CC2)c1. The maximum atomic E-state index is 12.8. The van der Waals surface area contributed by atoms with E-state index in [0.717, 1.165) is 25.9 Å². The Kier molecular flexibility index (Phi) is 6.41. The zero-order chi connectivity index (χ0) is 20.1. The number of ether oxygens (including phenoxy) is 2. The molecule has 0 saturated carbocycles. The first-order chi connectivity index (χ1) is 13.5. The average molecular weight is 384 g/mol. The van der Waals surface area contributed by atoms with Crippen molar-refractivity contribution in [3.05, 3.63) is 48.0 Å². The van der Waals surface area contributed by atoms with E-state index >= 15 is 0 Å². The summed E-state index contributed by atoms with van der Waals surface area (Å²) in [7, 11) is 3.17. The van der Waals surface area contributed by atoms with E-state index in [0.29, 0.717) is 28.9 Å². The van der Waals surface area contributed by atoms with Crippen molar-refractivity contribution in [2.24, 2.45) is 0 Å². The number of piperidine rings is 1. The molecule has 1 heterocycles. The average Bonchev–Trinajstić information content (AvgIpc) is 2.73. The minimum Gasteiger partial charge on any atom is -0.508 e. The zero-order valence-electron chi connectivity index (χ0n) is 16.6. The summed E-state index contributed by atoms with van der Waals surface area (Å²) in [6.07, 6.45) is 1.98. The highest BCUT2D eigenvalue weighted by Crippen LogP contribution is 2.31. The van der Waals surface area contributed by atoms with Crippen LogP contribution in [0.5, 0.6) is 17.2 Å². The first-order valence-corrected chi connectivity index (χ1v) is 9.57. The Labute approximate surface area is 166 Å². The minimum atomic E-state index is -0.239. The molecule has 0 spiro atoms. The number of hydrogen-bond acceptors (Lipinski definition) is 5. The summed E-state index contributed by atoms with van der Waals surface area (Å²) < 4.78 is 10.6. The number of phenolic OH excluding ortho intramolecular Hbond substituents is 1. The Bertz CT molecular complexity index is 799. The van der Waals surface area contributed by atoms with Crippen LogP contribution in [0.2, 0.25) is 0 Å². The molecule has 1 aliphatic heterocycles. The zero-order valence-corrected chi connectivity index (χ0v) is 16.6. The highest BCUT2D eigenvalue weighted by Gasteiger charge is 2.27. The van der Waals surface area contributed by atoms with Crippen LogP contribution in [0.25, 0.3) is 0 Å². The Balaban J connectivity index is 1.59. The number of anilines is 1. The van der Waals surface area contributed by atoms with Gasteiger partial charge in [0.2, 0.25) is 5.91 Å². The molecule has 1 aliphatic rings. The van der Waals surface area contributed by atoms with Crippen LogP contribution in [0.3, 0.4) is 0 Å². The van der Waals surface area contributed by atoms with Crippen LogP contribution in [-0.2, 0) is 4.79 Å². The fourth-order valence-electron chi connectivity index (χ4n) is 3.68. The summed E-state index contributed by atoms with van der Waals surface area (Å²) in [5.74, 6) is 1.96. The van der Waals surface area contributed by atoms with Crippen LogP contribution in [0.4, 0.5) is 5.69 Å². The minimum absolute atomic E-state index is 0.0605. The van der Waals surface area contributed by atoms with Crippen LogP contribution in [0, 0.1) is 0 Å². The fourth-order valence-corrected chi connectivity index (χ4v) is 3.68. The summed E-state index contributed by atoms with van der Waals surface area (Å²) >= 11 is 0. The summed E-state index contributed by atoms with van der Waals surface area (Å²) in [5.41, 5.74) is 1.85. The van der Waals surface area contributed by atoms with Crippen LogP contribution in [0.1, 0.15) is 31.2 Å². The van der Waals surface area contributed by atoms with Crippen LogP contribution in [-0.4, -0.2) is 49.3 Å². The van der Waals surface area contributed by atoms with Gasteiger partial charge < -0.3 is 19.9 Å². The van der Waals surface area contributed by atoms with Gasteiger partial charge in [-0.15, -0.1) is 0 Å². The number of carbonyl (C=O) groups excluding carboxylic acids is 1. The lowest BCUT2D eigenvalue weighted by Crippen LogP contribution is -2.45. The molecule has 1 amide bonds. The van der Waals surface area contributed by atoms with Gasteiger partial charge >= 0.3 is 0 Å². The molecule has 2 aromatic carbocycles. The second kappa shape index (κ2) is 8.97. The summed E-state index contributed by atoms with van der Waals surface area (Å²) in [6, 6.07) is 12.5. The number of amides is 1. The van der Waals surface area contributed by atoms with E-state index in [1.54, 1.807) is 44.6 Å². The fraction of sp³-hybridized carbons (Fsp3) is 0.409. The number of aromatic hydroxyl groups is 1. The third-order valence-electron chi connectivity index (χ3n) is 5.49. The Morgan fingerprint density at radius 2 is 1.79 bits per heavy atom. The number of nitrogens with one attached hydrogen (secondary N) is 1. The Morgan fingerprint density at radius 3 is 2.39 bits per heavy atom. The van der Waals surface area contributed by atoms with Crippen molar-refractivity contribution in [3.8, 4) is 17.2 Å². The van der Waals surface area contributed by atoms with Crippen molar-refractivity contribution in [1.29, 1.82) is 0 Å². The second-order valence-electron chi connectivity index (χ2n) is 7.13. The van der Waals surface area contributed by atoms with Crippen molar-refractivity contribution in [2.75, 3.05) is 32.6 Å². The highest BCUT2D eigenvalue weighted by molar-refractivity contribution is 5.96. The van der Waals surface area contributed by atoms with Gasteiger partial charge in [-0.05, 0) is 68.6 Å². The summed E-state index contributed by atoms with van der Waals surface area (Å²) in [5, 5.41) is 12.4. The van der Waals surface area contributed by atoms with Gasteiger partial charge in [-0.2, -0.15) is 0 Å². The molecule has 0 aromatic heterocycles. The van der Waals surface area contributed by atoms with E-state index in [4.69, 9.17) is 9.47 Å². The third kappa shape index (κ3) is 4.57. The number of hydrogen-bond donors (Lipinski definition) is 2. The number of rotatable bonds is 6. The lowest BCUT2D eigenvalue weighted by molar-refractivity contribution is -0.121. The summed E-state index contributed by atoms with van der Waals surface area (Å²) in [6.45, 7) is 3.65. The van der Waals surface area contributed by atoms with E-state index in [-0.39, 0.29) is 11.9 Å². The molecule has 3 rings (SSSR count).